The molecule has 3 N–H and O–H groups in total. The molecule has 3 aromatic rings. The van der Waals surface area contributed by atoms with Gasteiger partial charge in [-0.1, -0.05) is 32.0 Å². The van der Waals surface area contributed by atoms with Gasteiger partial charge in [0.15, 0.2) is 5.76 Å². The molecule has 2 heterocycles. The number of hydrogen-bond acceptors (Lipinski definition) is 5. The molecule has 3 rings (SSSR count). The molecule has 146 valence electrons. The van der Waals surface area contributed by atoms with Crippen LogP contribution >= 0.6 is 0 Å². The largest absolute Gasteiger partial charge is 0.454 e. The van der Waals surface area contributed by atoms with E-state index in [9.17, 15) is 14.4 Å². The normalized spacial score (nSPS) is 11.0. The number of rotatable bonds is 6. The number of hydrogen-bond donors (Lipinski definition) is 3. The third kappa shape index (κ3) is 4.29. The van der Waals surface area contributed by atoms with Crippen LogP contribution in [0.5, 0.6) is 0 Å². The van der Waals surface area contributed by atoms with Crippen LogP contribution in [0.25, 0.3) is 10.8 Å². The van der Waals surface area contributed by atoms with Crippen molar-refractivity contribution >= 4 is 22.6 Å². The molecule has 0 saturated heterocycles. The van der Waals surface area contributed by atoms with Gasteiger partial charge in [-0.15, -0.1) is 0 Å². The minimum Gasteiger partial charge on any atom is -0.454 e. The highest BCUT2D eigenvalue weighted by Gasteiger charge is 2.15. The second-order valence-electron chi connectivity index (χ2n) is 6.23. The Balaban J connectivity index is 1.64. The molecule has 0 radical (unpaired) electrons. The van der Waals surface area contributed by atoms with Gasteiger partial charge in [-0.05, 0) is 42.7 Å². The van der Waals surface area contributed by atoms with Crippen molar-refractivity contribution < 1.29 is 14.0 Å². The molecule has 0 spiro atoms. The number of H-pyrrole nitrogens is 1. The lowest BCUT2D eigenvalue weighted by Crippen LogP contribution is -2.42. The van der Waals surface area contributed by atoms with Gasteiger partial charge < -0.3 is 9.40 Å². The number of hydrazine groups is 1. The zero-order valence-corrected chi connectivity index (χ0v) is 15.7. The summed E-state index contributed by atoms with van der Waals surface area (Å²) in [6.07, 6.45) is 0. The zero-order valence-electron chi connectivity index (χ0n) is 15.7. The van der Waals surface area contributed by atoms with Gasteiger partial charge in [0.2, 0.25) is 0 Å². The molecular formula is C20H22N4O4. The van der Waals surface area contributed by atoms with Crippen LogP contribution in [-0.2, 0) is 6.54 Å². The van der Waals surface area contributed by atoms with Gasteiger partial charge in [0.25, 0.3) is 11.5 Å². The molecule has 8 nitrogen and oxygen atoms in total. The summed E-state index contributed by atoms with van der Waals surface area (Å²) in [7, 11) is 0. The second kappa shape index (κ2) is 8.53. The lowest BCUT2D eigenvalue weighted by Gasteiger charge is -2.15. The van der Waals surface area contributed by atoms with Crippen molar-refractivity contribution in [2.75, 3.05) is 13.1 Å². The molecule has 8 heteroatoms. The predicted molar refractivity (Wildman–Crippen MR) is 105 cm³/mol. The van der Waals surface area contributed by atoms with Crippen LogP contribution in [0, 0.1) is 0 Å². The van der Waals surface area contributed by atoms with E-state index in [1.165, 1.54) is 0 Å². The number of nitrogens with one attached hydrogen (secondary N) is 3. The van der Waals surface area contributed by atoms with Gasteiger partial charge >= 0.3 is 5.91 Å². The molecule has 2 amide bonds. The molecule has 0 fully saturated rings. The Kier molecular flexibility index (Phi) is 5.90. The molecule has 28 heavy (non-hydrogen) atoms. The van der Waals surface area contributed by atoms with Crippen molar-refractivity contribution in [1.29, 1.82) is 0 Å². The maximum Gasteiger partial charge on any atom is 0.305 e. The Morgan fingerprint density at radius 3 is 2.50 bits per heavy atom. The molecule has 0 aliphatic carbocycles. The molecule has 2 aromatic heterocycles. The molecule has 0 atom stereocenters. The molecule has 1 aromatic carbocycles. The highest BCUT2D eigenvalue weighted by molar-refractivity contribution is 5.98. The van der Waals surface area contributed by atoms with Gasteiger partial charge in [-0.2, -0.15) is 0 Å². The Bertz CT molecular complexity index is 1050. The van der Waals surface area contributed by atoms with Crippen LogP contribution in [0.4, 0.5) is 0 Å². The zero-order chi connectivity index (χ0) is 20.1. The third-order valence-corrected chi connectivity index (χ3v) is 4.45. The van der Waals surface area contributed by atoms with Gasteiger partial charge in [0.05, 0.1) is 6.54 Å². The summed E-state index contributed by atoms with van der Waals surface area (Å²) in [6, 6.07) is 11.8. The lowest BCUT2D eigenvalue weighted by atomic mass is 10.1. The van der Waals surface area contributed by atoms with Crippen LogP contribution in [0.3, 0.4) is 0 Å². The highest BCUT2D eigenvalue weighted by atomic mass is 16.4. The standard InChI is InChI=1S/C20H22N4O4/c1-3-24(4-2)12-14-9-10-17(28-14)20(27)23-22-19(26)16-11-13-7-5-6-8-15(13)18(25)21-16/h5-11H,3-4,12H2,1-2H3,(H,21,25)(H,22,26)(H,23,27). The van der Waals surface area contributed by atoms with Gasteiger partial charge in [-0.25, -0.2) is 0 Å². The van der Waals surface area contributed by atoms with Crippen LogP contribution in [0.1, 0.15) is 40.7 Å². The Hall–Kier alpha value is -3.39. The van der Waals surface area contributed by atoms with Crippen molar-refractivity contribution in [3.63, 3.8) is 0 Å². The number of pyridine rings is 1. The monoisotopic (exact) mass is 382 g/mol. The highest BCUT2D eigenvalue weighted by Crippen LogP contribution is 2.11. The van der Waals surface area contributed by atoms with E-state index < -0.39 is 11.8 Å². The maximum atomic E-state index is 12.3. The van der Waals surface area contributed by atoms with Crippen LogP contribution in [-0.4, -0.2) is 34.8 Å². The van der Waals surface area contributed by atoms with E-state index >= 15 is 0 Å². The van der Waals surface area contributed by atoms with Crippen LogP contribution < -0.4 is 16.4 Å². The van der Waals surface area contributed by atoms with E-state index in [0.717, 1.165) is 13.1 Å². The third-order valence-electron chi connectivity index (χ3n) is 4.45. The number of carbonyl (C=O) groups is 2. The number of aromatic amines is 1. The summed E-state index contributed by atoms with van der Waals surface area (Å²) >= 11 is 0. The molecule has 0 bridgehead atoms. The summed E-state index contributed by atoms with van der Waals surface area (Å²) in [5, 5.41) is 1.12. The van der Waals surface area contributed by atoms with Crippen molar-refractivity contribution in [3.05, 3.63) is 70.0 Å². The molecule has 0 unspecified atom stereocenters. The maximum absolute atomic E-state index is 12.3. The second-order valence-corrected chi connectivity index (χ2v) is 6.23. The topological polar surface area (TPSA) is 107 Å². The first-order valence-corrected chi connectivity index (χ1v) is 9.05. The van der Waals surface area contributed by atoms with E-state index in [-0.39, 0.29) is 17.0 Å². The number of carbonyl (C=O) groups excluding carboxylic acids is 2. The van der Waals surface area contributed by atoms with Crippen molar-refractivity contribution in [1.82, 2.24) is 20.7 Å². The fourth-order valence-corrected chi connectivity index (χ4v) is 2.83. The van der Waals surface area contributed by atoms with E-state index in [0.29, 0.717) is 23.1 Å². The van der Waals surface area contributed by atoms with Crippen LogP contribution in [0.15, 0.2) is 51.7 Å². The van der Waals surface area contributed by atoms with Gasteiger partial charge in [0, 0.05) is 5.39 Å². The quantitative estimate of drug-likeness (QED) is 0.566. The SMILES string of the molecule is CCN(CC)Cc1ccc(C(=O)NNC(=O)c2cc3ccccc3c(=O)[nH]2)o1. The summed E-state index contributed by atoms with van der Waals surface area (Å²) in [4.78, 5) is 41.2. The van der Waals surface area contributed by atoms with Gasteiger partial charge in [0.1, 0.15) is 11.5 Å². The van der Waals surface area contributed by atoms with E-state index in [1.54, 1.807) is 42.5 Å². The average molecular weight is 382 g/mol. The summed E-state index contributed by atoms with van der Waals surface area (Å²) in [6.45, 7) is 6.45. The number of aromatic nitrogens is 1. The Morgan fingerprint density at radius 1 is 1.04 bits per heavy atom. The first kappa shape index (κ1) is 19.4. The van der Waals surface area contributed by atoms with Crippen molar-refractivity contribution in [2.24, 2.45) is 0 Å². The lowest BCUT2D eigenvalue weighted by molar-refractivity contribution is 0.0826. The molecule has 0 aliphatic heterocycles. The number of benzene rings is 1. The number of nitrogens with zero attached hydrogens (tertiary/aromatic N) is 1. The van der Waals surface area contributed by atoms with Crippen molar-refractivity contribution in [3.8, 4) is 0 Å². The molecule has 0 aliphatic rings. The van der Waals surface area contributed by atoms with E-state index in [2.05, 4.69) is 20.7 Å². The number of fused-ring (bicyclic) bond motifs is 1. The van der Waals surface area contributed by atoms with Crippen LogP contribution in [0.2, 0.25) is 0 Å². The summed E-state index contributed by atoms with van der Waals surface area (Å²) < 4.78 is 5.53. The minimum atomic E-state index is -0.633. The summed E-state index contributed by atoms with van der Waals surface area (Å²) in [5.74, 6) is -0.457. The minimum absolute atomic E-state index is 0.0469. The predicted octanol–water partition coefficient (Wildman–Crippen LogP) is 2.04. The molecular weight excluding hydrogens is 360 g/mol. The fourth-order valence-electron chi connectivity index (χ4n) is 2.83. The first-order valence-electron chi connectivity index (χ1n) is 9.05. The van der Waals surface area contributed by atoms with Gasteiger partial charge in [-0.3, -0.25) is 30.1 Å². The number of furan rings is 1. The molecule has 0 saturated carbocycles. The van der Waals surface area contributed by atoms with E-state index in [4.69, 9.17) is 4.42 Å². The fraction of sp³-hybridized carbons (Fsp3) is 0.250. The Morgan fingerprint density at radius 2 is 1.75 bits per heavy atom. The average Bonchev–Trinajstić information content (AvgIpc) is 3.18. The van der Waals surface area contributed by atoms with E-state index in [1.807, 2.05) is 13.8 Å². The Labute approximate surface area is 161 Å². The van der Waals surface area contributed by atoms with Crippen molar-refractivity contribution in [2.45, 2.75) is 20.4 Å². The summed E-state index contributed by atoms with van der Waals surface area (Å²) in [5.41, 5.74) is 4.25. The number of amides is 2. The first-order chi connectivity index (χ1) is 13.5. The smallest absolute Gasteiger partial charge is 0.305 e.